The largest absolute Gasteiger partial charge is 0.0619 e. The quantitative estimate of drug-likeness (QED) is 0.437. The van der Waals surface area contributed by atoms with E-state index in [0.29, 0.717) is 10.8 Å². The van der Waals surface area contributed by atoms with Crippen LogP contribution < -0.4 is 0 Å². The van der Waals surface area contributed by atoms with Gasteiger partial charge in [0.1, 0.15) is 0 Å². The van der Waals surface area contributed by atoms with Gasteiger partial charge in [-0.3, -0.25) is 0 Å². The van der Waals surface area contributed by atoms with E-state index >= 15 is 0 Å². The van der Waals surface area contributed by atoms with Gasteiger partial charge >= 0.3 is 0 Å². The molecular formula is C34H40. The fourth-order valence-electron chi connectivity index (χ4n) is 9.54. The maximum atomic E-state index is 2.68. The highest BCUT2D eigenvalue weighted by molar-refractivity contribution is 5.70. The van der Waals surface area contributed by atoms with Crippen LogP contribution in [0.4, 0.5) is 0 Å². The smallest absolute Gasteiger partial charge is 0.00435 e. The Hall–Kier alpha value is -2.08. The van der Waals surface area contributed by atoms with Crippen LogP contribution in [-0.2, 0) is 12.8 Å². The van der Waals surface area contributed by atoms with Gasteiger partial charge in [-0.2, -0.15) is 0 Å². The molecule has 5 aliphatic carbocycles. The van der Waals surface area contributed by atoms with E-state index in [9.17, 15) is 0 Å². The third-order valence-corrected chi connectivity index (χ3v) is 11.0. The highest BCUT2D eigenvalue weighted by atomic mass is 14.7. The Morgan fingerprint density at radius 2 is 0.912 bits per heavy atom. The van der Waals surface area contributed by atoms with Gasteiger partial charge in [-0.1, -0.05) is 110 Å². The first-order valence-electron chi connectivity index (χ1n) is 14.4. The lowest BCUT2D eigenvalue weighted by atomic mass is 9.34. The van der Waals surface area contributed by atoms with E-state index in [2.05, 4.69) is 60.7 Å². The van der Waals surface area contributed by atoms with Gasteiger partial charge in [0.15, 0.2) is 0 Å². The molecule has 3 fully saturated rings. The molecule has 7 rings (SSSR count). The van der Waals surface area contributed by atoms with Crippen LogP contribution in [0.1, 0.15) is 99.3 Å². The normalized spacial score (nSPS) is 31.4. The monoisotopic (exact) mass is 448 g/mol. The molecule has 0 aliphatic heterocycles. The van der Waals surface area contributed by atoms with E-state index in [1.807, 2.05) is 11.1 Å². The lowest BCUT2D eigenvalue weighted by Crippen LogP contribution is -2.61. The van der Waals surface area contributed by atoms with E-state index in [-0.39, 0.29) is 0 Å². The van der Waals surface area contributed by atoms with Crippen LogP contribution in [-0.4, -0.2) is 0 Å². The fraction of sp³-hybridized carbons (Fsp3) is 0.529. The summed E-state index contributed by atoms with van der Waals surface area (Å²) in [6, 6.07) is 18.6. The Balaban J connectivity index is 1.40. The molecule has 0 heteroatoms. The summed E-state index contributed by atoms with van der Waals surface area (Å²) in [4.78, 5) is 0. The molecule has 0 heterocycles. The Labute approximate surface area is 206 Å². The van der Waals surface area contributed by atoms with Crippen LogP contribution in [0.15, 0.2) is 59.7 Å². The van der Waals surface area contributed by atoms with Crippen LogP contribution >= 0.6 is 0 Å². The molecule has 3 saturated carbocycles. The van der Waals surface area contributed by atoms with Gasteiger partial charge in [0, 0.05) is 10.8 Å². The van der Waals surface area contributed by atoms with Crippen LogP contribution in [0.2, 0.25) is 0 Å². The first-order chi connectivity index (χ1) is 16.8. The molecule has 0 amide bonds. The summed E-state index contributed by atoms with van der Waals surface area (Å²) in [6.45, 7) is 0. The molecule has 5 aliphatic rings. The van der Waals surface area contributed by atoms with Gasteiger partial charge in [-0.25, -0.2) is 0 Å². The average molecular weight is 449 g/mol. The predicted molar refractivity (Wildman–Crippen MR) is 143 cm³/mol. The molecule has 0 N–H and O–H groups in total. The molecule has 2 aromatic carbocycles. The van der Waals surface area contributed by atoms with Crippen molar-refractivity contribution < 1.29 is 0 Å². The summed E-state index contributed by atoms with van der Waals surface area (Å²) >= 11 is 0. The van der Waals surface area contributed by atoms with Crippen LogP contribution in [0.5, 0.6) is 0 Å². The highest BCUT2D eigenvalue weighted by Crippen LogP contribution is 2.75. The van der Waals surface area contributed by atoms with Gasteiger partial charge in [-0.15, -0.1) is 0 Å². The molecule has 0 bridgehead atoms. The van der Waals surface area contributed by atoms with Crippen LogP contribution in [0.3, 0.4) is 0 Å². The zero-order chi connectivity index (χ0) is 22.6. The fourth-order valence-corrected chi connectivity index (χ4v) is 9.54. The van der Waals surface area contributed by atoms with Crippen molar-refractivity contribution >= 4 is 12.2 Å². The number of hydrogen-bond donors (Lipinski definition) is 0. The summed E-state index contributed by atoms with van der Waals surface area (Å²) in [5.41, 5.74) is 10.6. The van der Waals surface area contributed by atoms with E-state index < -0.39 is 0 Å². The Morgan fingerprint density at radius 1 is 0.500 bits per heavy atom. The minimum atomic E-state index is 0.391. The Morgan fingerprint density at radius 3 is 1.29 bits per heavy atom. The minimum Gasteiger partial charge on any atom is -0.0619 e. The summed E-state index contributed by atoms with van der Waals surface area (Å²) < 4.78 is 0. The number of benzene rings is 2. The Kier molecular flexibility index (Phi) is 5.15. The molecular weight excluding hydrogens is 408 g/mol. The van der Waals surface area contributed by atoms with E-state index in [4.69, 9.17) is 0 Å². The van der Waals surface area contributed by atoms with Crippen molar-refractivity contribution in [3.63, 3.8) is 0 Å². The second-order valence-electron chi connectivity index (χ2n) is 12.2. The Bertz CT molecular complexity index is 1040. The van der Waals surface area contributed by atoms with Gasteiger partial charge < -0.3 is 0 Å². The van der Waals surface area contributed by atoms with E-state index in [1.54, 1.807) is 11.1 Å². The summed E-state index contributed by atoms with van der Waals surface area (Å²) in [6.07, 6.45) is 25.2. The van der Waals surface area contributed by atoms with Crippen molar-refractivity contribution in [1.82, 2.24) is 0 Å². The number of fused-ring (bicyclic) bond motifs is 2. The second kappa shape index (κ2) is 8.25. The molecule has 0 radical (unpaired) electrons. The second-order valence-corrected chi connectivity index (χ2v) is 12.2. The van der Waals surface area contributed by atoms with Crippen molar-refractivity contribution in [2.24, 2.45) is 22.7 Å². The molecule has 176 valence electrons. The standard InChI is InChI=1S/C34H40/c1-3-15-29(16-4-1)33(31-21-25-11-7-8-12-26(25)22-31)19-20-34(33,30-17-5-2-6-18-30)32-23-27-13-9-10-14-28(27)24-32/h7-14,21,23,29-30H,1-6,15-20,22,24H2/t33-,34+. The van der Waals surface area contributed by atoms with Crippen molar-refractivity contribution in [3.8, 4) is 0 Å². The lowest BCUT2D eigenvalue weighted by Gasteiger charge is -2.69. The number of rotatable bonds is 4. The van der Waals surface area contributed by atoms with Gasteiger partial charge in [0.25, 0.3) is 0 Å². The molecule has 0 saturated heterocycles. The highest BCUT2D eigenvalue weighted by Gasteiger charge is 2.67. The van der Waals surface area contributed by atoms with Crippen molar-refractivity contribution in [3.05, 3.63) is 81.9 Å². The maximum absolute atomic E-state index is 2.68. The zero-order valence-electron chi connectivity index (χ0n) is 20.8. The van der Waals surface area contributed by atoms with Crippen LogP contribution in [0.25, 0.3) is 12.2 Å². The maximum Gasteiger partial charge on any atom is 0.00435 e. The molecule has 2 aromatic rings. The van der Waals surface area contributed by atoms with Crippen molar-refractivity contribution in [2.45, 2.75) is 89.9 Å². The molecule has 0 spiro atoms. The SMILES string of the molecule is C1=C([C@]2(C3CCCCC3)CC[C@@]2(C2=Cc3ccccc3C2)C2CCCCC2)Cc2ccccc21. The number of allylic oxidation sites excluding steroid dienone is 2. The minimum absolute atomic E-state index is 0.391. The van der Waals surface area contributed by atoms with Crippen molar-refractivity contribution in [2.75, 3.05) is 0 Å². The summed E-state index contributed by atoms with van der Waals surface area (Å²) in [5.74, 6) is 1.75. The molecule has 0 unspecified atom stereocenters. The van der Waals surface area contributed by atoms with E-state index in [0.717, 1.165) is 11.8 Å². The van der Waals surface area contributed by atoms with Crippen LogP contribution in [0, 0.1) is 22.7 Å². The van der Waals surface area contributed by atoms with Gasteiger partial charge in [-0.05, 0) is 85.5 Å². The summed E-state index contributed by atoms with van der Waals surface area (Å²) in [7, 11) is 0. The van der Waals surface area contributed by atoms with Gasteiger partial charge in [0.2, 0.25) is 0 Å². The topological polar surface area (TPSA) is 0 Å². The van der Waals surface area contributed by atoms with Gasteiger partial charge in [0.05, 0.1) is 0 Å². The van der Waals surface area contributed by atoms with E-state index in [1.165, 1.54) is 101 Å². The number of hydrogen-bond acceptors (Lipinski definition) is 0. The molecule has 0 nitrogen and oxygen atoms in total. The molecule has 0 aromatic heterocycles. The first-order valence-corrected chi connectivity index (χ1v) is 14.4. The predicted octanol–water partition coefficient (Wildman–Crippen LogP) is 9.19. The molecule has 34 heavy (non-hydrogen) atoms. The first kappa shape index (κ1) is 21.2. The third kappa shape index (κ3) is 2.96. The third-order valence-electron chi connectivity index (χ3n) is 11.0. The molecule has 2 atom stereocenters. The summed E-state index contributed by atoms with van der Waals surface area (Å²) in [5, 5.41) is 0. The zero-order valence-corrected chi connectivity index (χ0v) is 20.8. The lowest BCUT2D eigenvalue weighted by molar-refractivity contribution is -0.125. The van der Waals surface area contributed by atoms with Crippen molar-refractivity contribution in [1.29, 1.82) is 0 Å². The average Bonchev–Trinajstić information content (AvgIpc) is 3.50.